The lowest BCUT2D eigenvalue weighted by Gasteiger charge is -2.36. The molecule has 5 rings (SSSR count). The third-order valence-electron chi connectivity index (χ3n) is 6.59. The highest BCUT2D eigenvalue weighted by atomic mass is 35.5. The molecule has 2 aliphatic rings. The Hall–Kier alpha value is -2.28. The Kier molecular flexibility index (Phi) is 7.78. The minimum absolute atomic E-state index is 0. The summed E-state index contributed by atoms with van der Waals surface area (Å²) >= 11 is 1.91. The molecule has 1 aromatic heterocycles. The molecule has 2 aromatic carbocycles. The fraction of sp³-hybridized carbons (Fsp3) is 0.423. The second-order valence-corrected chi connectivity index (χ2v) is 9.67. The molecule has 33 heavy (non-hydrogen) atoms. The summed E-state index contributed by atoms with van der Waals surface area (Å²) in [5.41, 5.74) is 5.07. The van der Waals surface area contributed by atoms with Crippen molar-refractivity contribution in [2.24, 2.45) is 0 Å². The number of anilines is 1. The highest BCUT2D eigenvalue weighted by Crippen LogP contribution is 2.38. The number of piperazine rings is 1. The first-order valence-corrected chi connectivity index (χ1v) is 12.3. The monoisotopic (exact) mass is 485 g/mol. The first-order valence-electron chi connectivity index (χ1n) is 11.5. The quantitative estimate of drug-likeness (QED) is 0.465. The molecule has 1 aliphatic carbocycles. The van der Waals surface area contributed by atoms with E-state index < -0.39 is 0 Å². The molecule has 0 radical (unpaired) electrons. The number of rotatable bonds is 7. The van der Waals surface area contributed by atoms with E-state index in [1.165, 1.54) is 32.4 Å². The smallest absolute Gasteiger partial charge is 0.142 e. The Morgan fingerprint density at radius 3 is 2.58 bits per heavy atom. The fourth-order valence-electron chi connectivity index (χ4n) is 4.83. The lowest BCUT2D eigenvalue weighted by Crippen LogP contribution is -2.46. The number of fused-ring (bicyclic) bond motifs is 3. The number of ether oxygens (including phenoxy) is 2. The number of halogens is 1. The Morgan fingerprint density at radius 2 is 1.79 bits per heavy atom. The maximum absolute atomic E-state index is 5.54. The molecule has 3 aromatic rings. The zero-order chi connectivity index (χ0) is 21.9. The van der Waals surface area contributed by atoms with Gasteiger partial charge < -0.3 is 14.4 Å². The van der Waals surface area contributed by atoms with E-state index in [0.717, 1.165) is 69.9 Å². The molecule has 7 heteroatoms. The fourth-order valence-corrected chi connectivity index (χ4v) is 5.95. The number of para-hydroxylation sites is 2. The normalized spacial score (nSPS) is 15.4. The molecule has 1 fully saturated rings. The van der Waals surface area contributed by atoms with Crippen molar-refractivity contribution >= 4 is 29.4 Å². The number of methoxy groups -OCH3 is 2. The van der Waals surface area contributed by atoms with E-state index in [2.05, 4.69) is 40.1 Å². The summed E-state index contributed by atoms with van der Waals surface area (Å²) in [4.78, 5) is 11.5. The van der Waals surface area contributed by atoms with Crippen molar-refractivity contribution in [1.29, 1.82) is 0 Å². The first-order chi connectivity index (χ1) is 15.7. The van der Waals surface area contributed by atoms with Crippen molar-refractivity contribution in [2.45, 2.75) is 25.7 Å². The summed E-state index contributed by atoms with van der Waals surface area (Å²) in [6.07, 6.45) is 4.40. The minimum atomic E-state index is 0. The van der Waals surface area contributed by atoms with Crippen LogP contribution in [0.3, 0.4) is 0 Å². The molecule has 0 bridgehead atoms. The van der Waals surface area contributed by atoms with Crippen molar-refractivity contribution in [3.63, 3.8) is 0 Å². The first kappa shape index (κ1) is 23.9. The summed E-state index contributed by atoms with van der Waals surface area (Å²) in [5.74, 6) is 1.90. The largest absolute Gasteiger partial charge is 0.497 e. The molecule has 0 saturated carbocycles. The van der Waals surface area contributed by atoms with Crippen LogP contribution in [0.4, 0.5) is 5.69 Å². The Labute approximate surface area is 206 Å². The number of thiazole rings is 1. The van der Waals surface area contributed by atoms with Gasteiger partial charge in [-0.25, -0.2) is 4.98 Å². The topological polar surface area (TPSA) is 37.8 Å². The van der Waals surface area contributed by atoms with Crippen LogP contribution in [-0.2, 0) is 19.3 Å². The van der Waals surface area contributed by atoms with Gasteiger partial charge in [0.2, 0.25) is 0 Å². The zero-order valence-electron chi connectivity index (χ0n) is 19.4. The van der Waals surface area contributed by atoms with E-state index in [0.29, 0.717) is 0 Å². The average molecular weight is 486 g/mol. The van der Waals surface area contributed by atoms with Gasteiger partial charge in [-0.3, -0.25) is 4.90 Å². The maximum Gasteiger partial charge on any atom is 0.142 e. The van der Waals surface area contributed by atoms with Crippen molar-refractivity contribution in [3.8, 4) is 22.8 Å². The standard InChI is InChI=1S/C26H31N3O2S.ClH/c1-30-20-10-11-21-19(18-20)9-12-24-26(21)27-25(32-24)8-5-13-28-14-16-29(17-15-28)22-6-3-4-7-23(22)31-2;/h3-4,6-7,10-11,18H,5,8-9,12-17H2,1-2H3;1H. The Balaban J connectivity index is 0.00000259. The molecular weight excluding hydrogens is 454 g/mol. The lowest BCUT2D eigenvalue weighted by atomic mass is 9.93. The summed E-state index contributed by atoms with van der Waals surface area (Å²) in [7, 11) is 3.48. The minimum Gasteiger partial charge on any atom is -0.497 e. The molecule has 0 atom stereocenters. The maximum atomic E-state index is 5.54. The number of hydrogen-bond acceptors (Lipinski definition) is 6. The summed E-state index contributed by atoms with van der Waals surface area (Å²) < 4.78 is 10.9. The highest BCUT2D eigenvalue weighted by Gasteiger charge is 2.22. The summed E-state index contributed by atoms with van der Waals surface area (Å²) in [5, 5.41) is 1.28. The molecule has 176 valence electrons. The number of aromatic nitrogens is 1. The third-order valence-corrected chi connectivity index (χ3v) is 7.77. The van der Waals surface area contributed by atoms with E-state index in [4.69, 9.17) is 14.5 Å². The molecule has 0 unspecified atom stereocenters. The van der Waals surface area contributed by atoms with E-state index >= 15 is 0 Å². The van der Waals surface area contributed by atoms with E-state index in [9.17, 15) is 0 Å². The van der Waals surface area contributed by atoms with E-state index in [1.54, 1.807) is 14.2 Å². The number of aryl methyl sites for hydroxylation is 3. The van der Waals surface area contributed by atoms with Crippen LogP contribution in [-0.4, -0.2) is 56.8 Å². The van der Waals surface area contributed by atoms with Crippen LogP contribution in [0, 0.1) is 0 Å². The van der Waals surface area contributed by atoms with Crippen molar-refractivity contribution in [1.82, 2.24) is 9.88 Å². The van der Waals surface area contributed by atoms with Crippen LogP contribution in [0.2, 0.25) is 0 Å². The molecule has 0 spiro atoms. The second kappa shape index (κ2) is 10.8. The van der Waals surface area contributed by atoms with Crippen LogP contribution < -0.4 is 14.4 Å². The SMILES string of the molecule is COc1ccc2c(c1)CCc1sc(CCCN3CCN(c4ccccc4OC)CC3)nc1-2.Cl. The van der Waals surface area contributed by atoms with Gasteiger partial charge in [0.05, 0.1) is 30.6 Å². The molecule has 5 nitrogen and oxygen atoms in total. The number of benzene rings is 2. The van der Waals surface area contributed by atoms with Crippen LogP contribution in [0.1, 0.15) is 21.9 Å². The van der Waals surface area contributed by atoms with Gasteiger partial charge in [-0.2, -0.15) is 0 Å². The van der Waals surface area contributed by atoms with Gasteiger partial charge in [0.15, 0.2) is 0 Å². The molecule has 1 saturated heterocycles. The van der Waals surface area contributed by atoms with Crippen LogP contribution in [0.5, 0.6) is 11.5 Å². The Morgan fingerprint density at radius 1 is 0.970 bits per heavy atom. The van der Waals surface area contributed by atoms with Gasteiger partial charge in [0.25, 0.3) is 0 Å². The van der Waals surface area contributed by atoms with Crippen molar-refractivity contribution in [2.75, 3.05) is 51.8 Å². The predicted octanol–water partition coefficient (Wildman–Crippen LogP) is 5.10. The predicted molar refractivity (Wildman–Crippen MR) is 139 cm³/mol. The number of hydrogen-bond donors (Lipinski definition) is 0. The number of nitrogens with zero attached hydrogens (tertiary/aromatic N) is 3. The van der Waals surface area contributed by atoms with Gasteiger partial charge in [-0.15, -0.1) is 23.7 Å². The summed E-state index contributed by atoms with van der Waals surface area (Å²) in [6, 6.07) is 14.7. The molecule has 0 amide bonds. The molecule has 2 heterocycles. The van der Waals surface area contributed by atoms with Crippen molar-refractivity contribution in [3.05, 3.63) is 57.9 Å². The van der Waals surface area contributed by atoms with E-state index in [-0.39, 0.29) is 12.4 Å². The van der Waals surface area contributed by atoms with Gasteiger partial charge in [0, 0.05) is 43.0 Å². The van der Waals surface area contributed by atoms with Crippen LogP contribution in [0.25, 0.3) is 11.3 Å². The second-order valence-electron chi connectivity index (χ2n) is 8.51. The van der Waals surface area contributed by atoms with Crippen molar-refractivity contribution < 1.29 is 9.47 Å². The van der Waals surface area contributed by atoms with Gasteiger partial charge in [-0.05, 0) is 61.7 Å². The van der Waals surface area contributed by atoms with Crippen LogP contribution in [0.15, 0.2) is 42.5 Å². The molecule has 1 aliphatic heterocycles. The van der Waals surface area contributed by atoms with Gasteiger partial charge in [-0.1, -0.05) is 12.1 Å². The Bertz CT molecular complexity index is 1080. The van der Waals surface area contributed by atoms with Gasteiger partial charge >= 0.3 is 0 Å². The van der Waals surface area contributed by atoms with Crippen LogP contribution >= 0.6 is 23.7 Å². The zero-order valence-corrected chi connectivity index (χ0v) is 21.0. The summed E-state index contributed by atoms with van der Waals surface area (Å²) in [6.45, 7) is 5.43. The molecular formula is C26H32ClN3O2S. The molecule has 0 N–H and O–H groups in total. The van der Waals surface area contributed by atoms with E-state index in [1.807, 2.05) is 23.5 Å². The highest BCUT2D eigenvalue weighted by molar-refractivity contribution is 7.12. The third kappa shape index (κ3) is 5.13. The average Bonchev–Trinajstić information content (AvgIpc) is 3.27. The lowest BCUT2D eigenvalue weighted by molar-refractivity contribution is 0.254. The van der Waals surface area contributed by atoms with Gasteiger partial charge in [0.1, 0.15) is 11.5 Å².